The van der Waals surface area contributed by atoms with Crippen LogP contribution in [0, 0.1) is 0 Å². The molecule has 432 valence electrons. The van der Waals surface area contributed by atoms with Crippen molar-refractivity contribution >= 4 is 11.9 Å². The van der Waals surface area contributed by atoms with Crippen LogP contribution in [0.1, 0.15) is 245 Å². The molecule has 0 saturated carbocycles. The highest BCUT2D eigenvalue weighted by atomic mass is 16.7. The molecule has 0 radical (unpaired) electrons. The van der Waals surface area contributed by atoms with Gasteiger partial charge in [-0.1, -0.05) is 228 Å². The molecule has 1 rings (SSSR count). The molecular weight excluding hydrogens is 943 g/mol. The SMILES string of the molecule is CC/C=C\C/C=C\C/C=C\C/C=C\C/C=C\CCCCCCCC(=O)OC1C(OCC(NC(=O)C(O)CCCC/C=C\CCCCCCCCC)C(O)/C=C/CCCCCCCCCCCC)OC(CO)C(O)C1O. The number of allylic oxidation sites excluding steroid dienone is 13. The minimum absolute atomic E-state index is 0.0961. The zero-order valence-corrected chi connectivity index (χ0v) is 47.6. The van der Waals surface area contributed by atoms with Crippen molar-refractivity contribution in [2.24, 2.45) is 0 Å². The monoisotopic (exact) mass is 1050 g/mol. The van der Waals surface area contributed by atoms with Crippen LogP contribution in [-0.2, 0) is 23.8 Å². The van der Waals surface area contributed by atoms with Gasteiger partial charge in [0.05, 0.1) is 25.4 Å². The summed E-state index contributed by atoms with van der Waals surface area (Å²) in [6.07, 6.45) is 56.2. The summed E-state index contributed by atoms with van der Waals surface area (Å²) in [6, 6.07) is -1.04. The molecule has 11 nitrogen and oxygen atoms in total. The Balaban J connectivity index is 2.70. The van der Waals surface area contributed by atoms with Crippen LogP contribution in [0.2, 0.25) is 0 Å². The predicted octanol–water partition coefficient (Wildman–Crippen LogP) is 14.2. The molecule has 0 spiro atoms. The van der Waals surface area contributed by atoms with Crippen molar-refractivity contribution in [1.29, 1.82) is 0 Å². The van der Waals surface area contributed by atoms with Gasteiger partial charge < -0.3 is 45.1 Å². The van der Waals surface area contributed by atoms with Crippen LogP contribution in [0.5, 0.6) is 0 Å². The molecule has 1 fully saturated rings. The highest BCUT2D eigenvalue weighted by Gasteiger charge is 2.47. The van der Waals surface area contributed by atoms with Gasteiger partial charge in [-0.15, -0.1) is 0 Å². The van der Waals surface area contributed by atoms with Crippen molar-refractivity contribution < 1.29 is 49.3 Å². The van der Waals surface area contributed by atoms with Crippen LogP contribution in [0.4, 0.5) is 0 Å². The molecule has 1 saturated heterocycles. The van der Waals surface area contributed by atoms with Gasteiger partial charge in [0.2, 0.25) is 5.91 Å². The lowest BCUT2D eigenvalue weighted by molar-refractivity contribution is -0.305. The Kier molecular flexibility index (Phi) is 48.0. The van der Waals surface area contributed by atoms with E-state index in [9.17, 15) is 35.1 Å². The number of nitrogens with one attached hydrogen (secondary N) is 1. The number of hydrogen-bond acceptors (Lipinski definition) is 10. The second-order valence-corrected chi connectivity index (χ2v) is 20.7. The Labute approximate surface area is 457 Å². The molecule has 1 heterocycles. The minimum Gasteiger partial charge on any atom is -0.454 e. The van der Waals surface area contributed by atoms with Crippen molar-refractivity contribution in [2.45, 2.75) is 294 Å². The number of rotatable bonds is 50. The lowest BCUT2D eigenvalue weighted by Gasteiger charge is -2.41. The van der Waals surface area contributed by atoms with Gasteiger partial charge in [0.15, 0.2) is 12.4 Å². The van der Waals surface area contributed by atoms with E-state index in [1.54, 1.807) is 6.08 Å². The maximum absolute atomic E-state index is 13.4. The Morgan fingerprint density at radius 3 is 1.45 bits per heavy atom. The molecule has 8 unspecified atom stereocenters. The first kappa shape index (κ1) is 69.9. The molecular formula is C64H111NO10. The summed E-state index contributed by atoms with van der Waals surface area (Å²) in [4.78, 5) is 26.5. The minimum atomic E-state index is -1.63. The zero-order chi connectivity index (χ0) is 54.7. The number of hydrogen-bond donors (Lipinski definition) is 6. The van der Waals surface area contributed by atoms with Crippen molar-refractivity contribution in [3.05, 3.63) is 85.1 Å². The highest BCUT2D eigenvalue weighted by molar-refractivity contribution is 5.80. The molecule has 11 heteroatoms. The number of esters is 1. The van der Waals surface area contributed by atoms with Crippen LogP contribution < -0.4 is 5.32 Å². The number of amides is 1. The third kappa shape index (κ3) is 39.8. The quantitative estimate of drug-likeness (QED) is 0.0195. The zero-order valence-electron chi connectivity index (χ0n) is 47.6. The third-order valence-corrected chi connectivity index (χ3v) is 13.8. The molecule has 75 heavy (non-hydrogen) atoms. The van der Waals surface area contributed by atoms with Crippen LogP contribution in [0.3, 0.4) is 0 Å². The van der Waals surface area contributed by atoms with E-state index in [-0.39, 0.29) is 19.4 Å². The first-order valence-corrected chi connectivity index (χ1v) is 30.4. The largest absolute Gasteiger partial charge is 0.454 e. The second-order valence-electron chi connectivity index (χ2n) is 20.7. The fourth-order valence-electron chi connectivity index (χ4n) is 8.97. The standard InChI is InChI=1S/C64H111NO10/c1-4-7-10-13-16-19-22-25-26-27-28-29-30-31-32-34-37-40-43-46-49-52-59(69)75-62-61(71)60(70)58(53-66)74-64(62)73-54-55(56(67)50-47-44-41-38-35-24-21-18-15-12-9-6-3)65-63(72)57(68)51-48-45-42-39-36-33-23-20-17-14-11-8-5-2/h7,10,16,19,25-26,28-29,31-32,36,39,47,50,55-58,60-62,64,66-68,70-71H,4-6,8-9,11-15,17-18,20-24,27,30,33-35,37-38,40-46,48-49,51-54H2,1-3H3,(H,65,72)/b10-7-,19-16-,26-25-,29-28-,32-31-,39-36-,50-47+. The lowest BCUT2D eigenvalue weighted by atomic mass is 9.99. The Morgan fingerprint density at radius 2 is 0.960 bits per heavy atom. The fourth-order valence-corrected chi connectivity index (χ4v) is 8.97. The summed E-state index contributed by atoms with van der Waals surface area (Å²) in [5.74, 6) is -1.23. The molecule has 1 aliphatic rings. The van der Waals surface area contributed by atoms with Crippen LogP contribution in [0.15, 0.2) is 85.1 Å². The van der Waals surface area contributed by atoms with Crippen molar-refractivity contribution in [3.63, 3.8) is 0 Å². The van der Waals surface area contributed by atoms with Crippen molar-refractivity contribution in [1.82, 2.24) is 5.32 Å². The van der Waals surface area contributed by atoms with E-state index in [4.69, 9.17) is 14.2 Å². The van der Waals surface area contributed by atoms with Gasteiger partial charge in [-0.25, -0.2) is 0 Å². The van der Waals surface area contributed by atoms with E-state index >= 15 is 0 Å². The number of ether oxygens (including phenoxy) is 3. The molecule has 0 aliphatic carbocycles. The van der Waals surface area contributed by atoms with Crippen LogP contribution >= 0.6 is 0 Å². The van der Waals surface area contributed by atoms with E-state index in [0.29, 0.717) is 12.8 Å². The van der Waals surface area contributed by atoms with Crippen LogP contribution in [0.25, 0.3) is 0 Å². The van der Waals surface area contributed by atoms with Gasteiger partial charge in [0.1, 0.15) is 24.4 Å². The number of aliphatic hydroxyl groups excluding tert-OH is 5. The molecule has 0 bridgehead atoms. The number of unbranched alkanes of at least 4 members (excludes halogenated alkanes) is 24. The lowest BCUT2D eigenvalue weighted by Crippen LogP contribution is -2.61. The van der Waals surface area contributed by atoms with Gasteiger partial charge in [0, 0.05) is 6.42 Å². The normalized spacial score (nSPS) is 19.8. The number of aliphatic hydroxyl groups is 5. The second kappa shape index (κ2) is 51.6. The highest BCUT2D eigenvalue weighted by Crippen LogP contribution is 2.26. The average molecular weight is 1050 g/mol. The number of carbonyl (C=O) groups is 2. The van der Waals surface area contributed by atoms with Gasteiger partial charge in [0.25, 0.3) is 0 Å². The third-order valence-electron chi connectivity index (χ3n) is 13.8. The van der Waals surface area contributed by atoms with Crippen molar-refractivity contribution in [3.8, 4) is 0 Å². The molecule has 8 atom stereocenters. The van der Waals surface area contributed by atoms with E-state index in [0.717, 1.165) is 103 Å². The predicted molar refractivity (Wildman–Crippen MR) is 310 cm³/mol. The van der Waals surface area contributed by atoms with Crippen LogP contribution in [-0.4, -0.2) is 99.6 Å². The summed E-state index contributed by atoms with van der Waals surface area (Å²) in [6.45, 7) is 5.64. The molecule has 0 aromatic rings. The Bertz CT molecular complexity index is 1540. The van der Waals surface area contributed by atoms with E-state index in [2.05, 4.69) is 99.0 Å². The summed E-state index contributed by atoms with van der Waals surface area (Å²) < 4.78 is 17.6. The number of carbonyl (C=O) groups excluding carboxylic acids is 2. The van der Waals surface area contributed by atoms with E-state index in [1.807, 2.05) is 6.08 Å². The first-order valence-electron chi connectivity index (χ1n) is 30.4. The molecule has 1 aliphatic heterocycles. The average Bonchev–Trinajstić information content (AvgIpc) is 3.41. The van der Waals surface area contributed by atoms with Gasteiger partial charge in [-0.05, 0) is 96.3 Å². The Morgan fingerprint density at radius 1 is 0.533 bits per heavy atom. The topological polar surface area (TPSA) is 175 Å². The van der Waals surface area contributed by atoms with Gasteiger partial charge >= 0.3 is 5.97 Å². The molecule has 0 aromatic carbocycles. The Hall–Kier alpha value is -3.16. The summed E-state index contributed by atoms with van der Waals surface area (Å²) in [7, 11) is 0. The molecule has 6 N–H and O–H groups in total. The maximum Gasteiger partial charge on any atom is 0.306 e. The van der Waals surface area contributed by atoms with Gasteiger partial charge in [-0.3, -0.25) is 9.59 Å². The smallest absolute Gasteiger partial charge is 0.306 e. The van der Waals surface area contributed by atoms with Crippen molar-refractivity contribution in [2.75, 3.05) is 13.2 Å². The van der Waals surface area contributed by atoms with E-state index in [1.165, 1.54) is 96.3 Å². The summed E-state index contributed by atoms with van der Waals surface area (Å²) >= 11 is 0. The van der Waals surface area contributed by atoms with Gasteiger partial charge in [-0.2, -0.15) is 0 Å². The van der Waals surface area contributed by atoms with E-state index < -0.39 is 67.4 Å². The molecule has 1 amide bonds. The summed E-state index contributed by atoms with van der Waals surface area (Å²) in [5.41, 5.74) is 0. The fraction of sp³-hybridized carbons (Fsp3) is 0.750. The maximum atomic E-state index is 13.4. The molecule has 0 aromatic heterocycles. The summed E-state index contributed by atoms with van der Waals surface area (Å²) in [5, 5.41) is 56.9. The first-order chi connectivity index (χ1) is 36.7.